The third-order valence-corrected chi connectivity index (χ3v) is 26.5. The molecule has 19 heteroatoms. The van der Waals surface area contributed by atoms with E-state index in [0.717, 1.165) is 127 Å². The van der Waals surface area contributed by atoms with Crippen molar-refractivity contribution in [2.45, 2.75) is 202 Å². The number of nitrogens with zero attached hydrogens (tertiary/aromatic N) is 1. The smallest absolute Gasteiger partial charge is 0.332 e. The number of aliphatic hydroxyl groups excluding tert-OH is 2. The highest BCUT2D eigenvalue weighted by atomic mass is 33.1. The Balaban J connectivity index is 0.970. The number of esters is 2. The van der Waals surface area contributed by atoms with Crippen molar-refractivity contribution in [2.24, 2.45) is 52.3 Å². The van der Waals surface area contributed by atoms with Crippen LogP contribution < -0.4 is 31.3 Å². The van der Waals surface area contributed by atoms with Crippen LogP contribution in [0, 0.1) is 64.1 Å². The summed E-state index contributed by atoms with van der Waals surface area (Å²) >= 11 is 0. The zero-order valence-electron chi connectivity index (χ0n) is 54.7. The molecule has 15 atom stereocenters. The molecule has 1 amide bonds. The monoisotopic (exact) mass is 1300 g/mol. The first kappa shape index (κ1) is 68.6. The standard InChI is InChI=1S/C72H108N6O11S2/c1-47(80)88-62-40-63(89-68(85)72-26-5-4-11-53(72)14-21-64(84)77-72)71(27-30-74-31-28-71)66-51(39-57-58(70(45-79)24-6-7-25-70)43-87-67-61(83)20-18-56(66)65(57)67)9-8-10-52-41-69(2,86)46-91-90-44-59(60(82)19-17-55(52)62)76-42-50(37-48-12-15-54(81)16-13-48)38-49(22-29-73-3)23-34-78-35-32-75-33-36-78/h12-13,15-16,18,20,49-53,55,57-60,62-63,66,73-76,79,81-83,86H,4-7,10-11,14,17,19,21-46H2,1-3H3,(H,77,84)/t49-,50-,51+,52-,53+,55+,57-,58+,59-,60-,62+,63-,66+,69+,72+/m1/s1. The average molecular weight is 1300 g/mol. The predicted octanol–water partition coefficient (Wildman–Crippen LogP) is 8.33. The van der Waals surface area contributed by atoms with Crippen LogP contribution in [0.15, 0.2) is 36.4 Å². The van der Waals surface area contributed by atoms with Gasteiger partial charge in [-0.1, -0.05) is 71.4 Å². The SMILES string of the molecule is CNCC[C@H](CCN1CCNCC1)C[C@H](CN[C@@H]1CSSC[C@@](C)(O)C[C@H]2CC#C[C@H]3C[C@H]4c5c(ccc(O)c5OC[C@@H]4C4(CO)CCCC4)[C@H]3C3(CCNCC3)[C@H](OC(=O)[C@]34CCCC[C@H]3CCC(=O)N4)C[C@H](OC(C)=O)[C@H]2CC[C@H]1O)Cc1ccc(O)cc1. The highest BCUT2D eigenvalue weighted by molar-refractivity contribution is 8.76. The number of carbonyl (C=O) groups is 3. The maximum atomic E-state index is 16.0. The maximum absolute atomic E-state index is 16.0. The molecule has 2 aromatic carbocycles. The molecule has 2 saturated carbocycles. The third kappa shape index (κ3) is 15.9. The van der Waals surface area contributed by atoms with E-state index >= 15 is 4.79 Å². The molecule has 9 aliphatic rings. The molecule has 1 spiro atoms. The van der Waals surface area contributed by atoms with Crippen molar-refractivity contribution >= 4 is 39.4 Å². The van der Waals surface area contributed by atoms with E-state index in [0.29, 0.717) is 114 Å². The Labute approximate surface area is 549 Å². The third-order valence-electron chi connectivity index (χ3n) is 23.8. The van der Waals surface area contributed by atoms with Crippen LogP contribution >= 0.6 is 21.6 Å². The van der Waals surface area contributed by atoms with Gasteiger partial charge in [0, 0.05) is 117 Å². The van der Waals surface area contributed by atoms with Crippen molar-refractivity contribution < 1.29 is 54.1 Å². The second kappa shape index (κ2) is 30.9. The van der Waals surface area contributed by atoms with E-state index in [-0.39, 0.29) is 83.3 Å². The molecule has 0 bridgehead atoms. The van der Waals surface area contributed by atoms with Gasteiger partial charge in [-0.25, -0.2) is 4.79 Å². The van der Waals surface area contributed by atoms with Gasteiger partial charge in [-0.2, -0.15) is 0 Å². The molecule has 11 rings (SSSR count). The van der Waals surface area contributed by atoms with E-state index in [1.165, 1.54) is 6.92 Å². The van der Waals surface area contributed by atoms with Gasteiger partial charge in [0.1, 0.15) is 23.5 Å². The van der Waals surface area contributed by atoms with Crippen LogP contribution in [0.4, 0.5) is 0 Å². The second-order valence-corrected chi connectivity index (χ2v) is 32.2. The van der Waals surface area contributed by atoms with Crippen LogP contribution in [0.3, 0.4) is 0 Å². The van der Waals surface area contributed by atoms with Gasteiger partial charge in [-0.3, -0.25) is 9.59 Å². The molecule has 17 nitrogen and oxygen atoms in total. The van der Waals surface area contributed by atoms with Crippen molar-refractivity contribution in [1.82, 2.24) is 31.5 Å². The Morgan fingerprint density at radius 2 is 1.67 bits per heavy atom. The number of hydrogen-bond donors (Lipinski definition) is 10. The van der Waals surface area contributed by atoms with Crippen molar-refractivity contribution in [3.05, 3.63) is 53.1 Å². The van der Waals surface area contributed by atoms with Gasteiger partial charge >= 0.3 is 11.9 Å². The molecule has 0 unspecified atom stereocenters. The number of aliphatic hydroxyl groups is 3. The fourth-order valence-corrected chi connectivity index (χ4v) is 21.8. The van der Waals surface area contributed by atoms with Gasteiger partial charge in [0.15, 0.2) is 11.5 Å². The number of fused-ring (bicyclic) bond motifs is 5. The summed E-state index contributed by atoms with van der Waals surface area (Å²) in [6.45, 7) is 11.8. The van der Waals surface area contributed by atoms with Gasteiger partial charge in [-0.05, 0) is 202 Å². The fourth-order valence-electron chi connectivity index (χ4n) is 19.0. The molecule has 4 saturated heterocycles. The lowest BCUT2D eigenvalue weighted by atomic mass is 9.51. The minimum atomic E-state index is -1.21. The first-order valence-electron chi connectivity index (χ1n) is 35.2. The number of carbonyl (C=O) groups excluding carboxylic acids is 3. The van der Waals surface area contributed by atoms with Gasteiger partial charge in [0.25, 0.3) is 0 Å². The summed E-state index contributed by atoms with van der Waals surface area (Å²) in [4.78, 5) is 46.3. The van der Waals surface area contributed by atoms with Gasteiger partial charge < -0.3 is 71.2 Å². The van der Waals surface area contributed by atoms with Gasteiger partial charge in [0.05, 0.1) is 18.3 Å². The Morgan fingerprint density at radius 3 is 2.43 bits per heavy atom. The van der Waals surface area contributed by atoms with Crippen LogP contribution in [0.1, 0.15) is 177 Å². The quantitative estimate of drug-likeness (QED) is 0.0383. The number of nitrogens with one attached hydrogen (secondary N) is 5. The normalized spacial score (nSPS) is 34.2. The molecular weight excluding hydrogens is 1190 g/mol. The Bertz CT molecular complexity index is 2820. The van der Waals surface area contributed by atoms with Crippen LogP contribution in [0.5, 0.6) is 17.2 Å². The van der Waals surface area contributed by atoms with Crippen LogP contribution in [0.25, 0.3) is 0 Å². The van der Waals surface area contributed by atoms with Crippen LogP contribution in [-0.4, -0.2) is 174 Å². The summed E-state index contributed by atoms with van der Waals surface area (Å²) in [5.74, 6) is 7.72. The predicted molar refractivity (Wildman–Crippen MR) is 358 cm³/mol. The highest BCUT2D eigenvalue weighted by Crippen LogP contribution is 2.65. The zero-order chi connectivity index (χ0) is 63.8. The van der Waals surface area contributed by atoms with Crippen LogP contribution in [-0.2, 0) is 30.3 Å². The summed E-state index contributed by atoms with van der Waals surface area (Å²) in [6, 6.07) is 11.1. The number of hydrogen-bond acceptors (Lipinski definition) is 18. The van der Waals surface area contributed by atoms with Gasteiger partial charge in [-0.15, -0.1) is 5.92 Å². The second-order valence-electron chi connectivity index (χ2n) is 29.7. The van der Waals surface area contributed by atoms with Crippen molar-refractivity contribution in [3.8, 4) is 29.1 Å². The lowest BCUT2D eigenvalue weighted by Gasteiger charge is -2.56. The van der Waals surface area contributed by atoms with Crippen LogP contribution in [0.2, 0.25) is 0 Å². The molecule has 0 aromatic heterocycles. The minimum Gasteiger partial charge on any atom is -0.508 e. The van der Waals surface area contributed by atoms with Crippen molar-refractivity contribution in [1.29, 1.82) is 0 Å². The molecule has 5 aliphatic heterocycles. The Morgan fingerprint density at radius 1 is 0.901 bits per heavy atom. The number of phenolic OH excluding ortho intramolecular Hbond substituents is 2. The number of rotatable bonds is 18. The summed E-state index contributed by atoms with van der Waals surface area (Å²) in [6.07, 6.45) is 12.8. The highest BCUT2D eigenvalue weighted by Gasteiger charge is 2.61. The fraction of sp³-hybridized carbons (Fsp3) is 0.764. The van der Waals surface area contributed by atoms with E-state index in [4.69, 9.17) is 14.2 Å². The summed E-state index contributed by atoms with van der Waals surface area (Å²) in [5, 5.41) is 76.9. The topological polar surface area (TPSA) is 243 Å². The zero-order valence-corrected chi connectivity index (χ0v) is 56.3. The summed E-state index contributed by atoms with van der Waals surface area (Å²) < 4.78 is 21.0. The first-order valence-corrected chi connectivity index (χ1v) is 37.7. The van der Waals surface area contributed by atoms with Crippen molar-refractivity contribution in [2.75, 3.05) is 90.7 Å². The lowest BCUT2D eigenvalue weighted by Crippen LogP contribution is -2.65. The van der Waals surface area contributed by atoms with Gasteiger partial charge in [0.2, 0.25) is 5.91 Å². The van der Waals surface area contributed by atoms with Crippen molar-refractivity contribution in [3.63, 3.8) is 0 Å². The average Bonchev–Trinajstić information content (AvgIpc) is 1.37. The maximum Gasteiger partial charge on any atom is 0.332 e. The van der Waals surface area contributed by atoms with E-state index in [2.05, 4.69) is 49.4 Å². The van der Waals surface area contributed by atoms with E-state index in [1.807, 2.05) is 26.1 Å². The van der Waals surface area contributed by atoms with E-state index in [9.17, 15) is 35.1 Å². The molecule has 5 heterocycles. The van der Waals surface area contributed by atoms with E-state index in [1.54, 1.807) is 39.8 Å². The Hall–Kier alpha value is -3.81. The summed E-state index contributed by atoms with van der Waals surface area (Å²) in [7, 11) is 5.32. The number of ether oxygens (including phenoxy) is 3. The van der Waals surface area contributed by atoms with E-state index < -0.39 is 52.7 Å². The molecule has 2 aromatic rings. The molecule has 504 valence electrons. The molecule has 0 radical (unpaired) electrons. The number of benzene rings is 2. The number of amides is 1. The number of piperidine rings is 2. The molecule has 6 fully saturated rings. The number of aromatic hydroxyl groups is 2. The Kier molecular flexibility index (Phi) is 23.3. The lowest BCUT2D eigenvalue weighted by molar-refractivity contribution is -0.183. The largest absolute Gasteiger partial charge is 0.508 e. The minimum absolute atomic E-state index is 0.0269. The number of phenols is 2. The molecule has 10 N–H and O–H groups in total. The first-order chi connectivity index (χ1) is 44.0. The molecule has 4 aliphatic carbocycles. The molecular formula is C72H108N6O11S2. The number of piperazine rings is 1. The summed E-state index contributed by atoms with van der Waals surface area (Å²) in [5.41, 5.74) is -0.391. The molecule has 91 heavy (non-hydrogen) atoms.